The summed E-state index contributed by atoms with van der Waals surface area (Å²) in [5.74, 6) is 0.806. The Morgan fingerprint density at radius 3 is 2.65 bits per heavy atom. The van der Waals surface area contributed by atoms with Gasteiger partial charge in [-0.3, -0.25) is 0 Å². The summed E-state index contributed by atoms with van der Waals surface area (Å²) < 4.78 is 5.82. The van der Waals surface area contributed by atoms with Crippen molar-refractivity contribution in [3.05, 3.63) is 29.3 Å². The first-order valence-electron chi connectivity index (χ1n) is 6.21. The van der Waals surface area contributed by atoms with Gasteiger partial charge in [0.2, 0.25) is 0 Å². The minimum atomic E-state index is -0.458. The van der Waals surface area contributed by atoms with Crippen LogP contribution < -0.4 is 4.74 Å². The standard InChI is InChI=1S/C14H20O3/c1-9-8-11(10(2)15)6-7-13(9)17-14-5-3-4-12(14)16/h6-8,10,12,14-16H,3-5H2,1-2H3/t10-,12?,14?/m0/s1. The number of aryl methyl sites for hydroxylation is 1. The molecule has 2 rings (SSSR count). The second-order valence-electron chi connectivity index (χ2n) is 4.86. The topological polar surface area (TPSA) is 49.7 Å². The summed E-state index contributed by atoms with van der Waals surface area (Å²) in [6.45, 7) is 3.71. The Morgan fingerprint density at radius 2 is 2.12 bits per heavy atom. The zero-order valence-electron chi connectivity index (χ0n) is 10.4. The van der Waals surface area contributed by atoms with E-state index in [0.29, 0.717) is 0 Å². The van der Waals surface area contributed by atoms with Gasteiger partial charge in [0.25, 0.3) is 0 Å². The summed E-state index contributed by atoms with van der Waals surface area (Å²) in [5.41, 5.74) is 1.89. The van der Waals surface area contributed by atoms with E-state index in [1.54, 1.807) is 6.92 Å². The van der Waals surface area contributed by atoms with E-state index in [1.165, 1.54) is 0 Å². The van der Waals surface area contributed by atoms with Crippen molar-refractivity contribution in [3.8, 4) is 5.75 Å². The van der Waals surface area contributed by atoms with Crippen molar-refractivity contribution >= 4 is 0 Å². The van der Waals surface area contributed by atoms with E-state index in [-0.39, 0.29) is 12.2 Å². The van der Waals surface area contributed by atoms with Crippen LogP contribution in [0.3, 0.4) is 0 Å². The van der Waals surface area contributed by atoms with Crippen molar-refractivity contribution in [2.75, 3.05) is 0 Å². The highest BCUT2D eigenvalue weighted by Gasteiger charge is 2.27. The molecule has 17 heavy (non-hydrogen) atoms. The van der Waals surface area contributed by atoms with Crippen molar-refractivity contribution < 1.29 is 14.9 Å². The molecule has 0 aromatic heterocycles. The molecule has 1 fully saturated rings. The summed E-state index contributed by atoms with van der Waals surface area (Å²) in [7, 11) is 0. The molecule has 1 aromatic carbocycles. The van der Waals surface area contributed by atoms with Gasteiger partial charge < -0.3 is 14.9 Å². The second kappa shape index (κ2) is 5.07. The van der Waals surface area contributed by atoms with Gasteiger partial charge in [-0.15, -0.1) is 0 Å². The third-order valence-corrected chi connectivity index (χ3v) is 3.38. The van der Waals surface area contributed by atoms with Crippen LogP contribution in [0, 0.1) is 6.92 Å². The normalized spacial score (nSPS) is 25.9. The Bertz CT molecular complexity index is 387. The minimum absolute atomic E-state index is 0.0777. The van der Waals surface area contributed by atoms with E-state index in [2.05, 4.69) is 0 Å². The van der Waals surface area contributed by atoms with Crippen molar-refractivity contribution in [1.82, 2.24) is 0 Å². The lowest BCUT2D eigenvalue weighted by Crippen LogP contribution is -2.25. The highest BCUT2D eigenvalue weighted by molar-refractivity contribution is 5.37. The molecule has 3 nitrogen and oxygen atoms in total. The number of hydrogen-bond acceptors (Lipinski definition) is 3. The van der Waals surface area contributed by atoms with Gasteiger partial charge in [0.15, 0.2) is 0 Å². The van der Waals surface area contributed by atoms with Crippen LogP contribution >= 0.6 is 0 Å². The van der Waals surface area contributed by atoms with Crippen LogP contribution in [0.4, 0.5) is 0 Å². The smallest absolute Gasteiger partial charge is 0.124 e. The van der Waals surface area contributed by atoms with Crippen LogP contribution in [-0.4, -0.2) is 22.4 Å². The van der Waals surface area contributed by atoms with Crippen molar-refractivity contribution in [2.24, 2.45) is 0 Å². The first-order chi connectivity index (χ1) is 8.08. The zero-order valence-corrected chi connectivity index (χ0v) is 10.4. The third kappa shape index (κ3) is 2.79. The van der Waals surface area contributed by atoms with E-state index in [9.17, 15) is 10.2 Å². The van der Waals surface area contributed by atoms with Crippen molar-refractivity contribution in [1.29, 1.82) is 0 Å². The van der Waals surface area contributed by atoms with Gasteiger partial charge in [0, 0.05) is 0 Å². The molecule has 0 bridgehead atoms. The SMILES string of the molecule is Cc1cc([C@H](C)O)ccc1OC1CCCC1O. The molecule has 1 aliphatic rings. The number of aliphatic hydroxyl groups excluding tert-OH is 2. The second-order valence-corrected chi connectivity index (χ2v) is 4.86. The molecular weight excluding hydrogens is 216 g/mol. The predicted octanol–water partition coefficient (Wildman–Crippen LogP) is 2.34. The highest BCUT2D eigenvalue weighted by Crippen LogP contribution is 2.28. The van der Waals surface area contributed by atoms with E-state index in [0.717, 1.165) is 36.1 Å². The Morgan fingerprint density at radius 1 is 1.35 bits per heavy atom. The maximum Gasteiger partial charge on any atom is 0.124 e. The summed E-state index contributed by atoms with van der Waals surface area (Å²) >= 11 is 0. The van der Waals surface area contributed by atoms with Gasteiger partial charge in [0.05, 0.1) is 12.2 Å². The number of rotatable bonds is 3. The maximum absolute atomic E-state index is 9.72. The molecule has 1 aromatic rings. The Kier molecular flexibility index (Phi) is 3.69. The van der Waals surface area contributed by atoms with E-state index in [4.69, 9.17) is 4.74 Å². The van der Waals surface area contributed by atoms with Crippen LogP contribution in [-0.2, 0) is 0 Å². The molecule has 0 aliphatic heterocycles. The zero-order chi connectivity index (χ0) is 12.4. The van der Waals surface area contributed by atoms with Gasteiger partial charge in [0.1, 0.15) is 11.9 Å². The lowest BCUT2D eigenvalue weighted by atomic mass is 10.1. The molecular formula is C14H20O3. The van der Waals surface area contributed by atoms with Gasteiger partial charge in [-0.25, -0.2) is 0 Å². The Labute approximate surface area is 102 Å². The van der Waals surface area contributed by atoms with Gasteiger partial charge in [-0.2, -0.15) is 0 Å². The number of hydrogen-bond donors (Lipinski definition) is 2. The van der Waals surface area contributed by atoms with Crippen LogP contribution in [0.5, 0.6) is 5.75 Å². The van der Waals surface area contributed by atoms with Crippen LogP contribution in [0.15, 0.2) is 18.2 Å². The molecule has 0 saturated heterocycles. The van der Waals surface area contributed by atoms with Gasteiger partial charge in [-0.05, 0) is 56.4 Å². The van der Waals surface area contributed by atoms with E-state index < -0.39 is 6.10 Å². The fourth-order valence-corrected chi connectivity index (χ4v) is 2.27. The molecule has 0 amide bonds. The fraction of sp³-hybridized carbons (Fsp3) is 0.571. The van der Waals surface area contributed by atoms with Crippen LogP contribution in [0.25, 0.3) is 0 Å². The monoisotopic (exact) mass is 236 g/mol. The van der Waals surface area contributed by atoms with Crippen LogP contribution in [0.2, 0.25) is 0 Å². The van der Waals surface area contributed by atoms with E-state index in [1.807, 2.05) is 25.1 Å². The Balaban J connectivity index is 2.11. The molecule has 1 saturated carbocycles. The molecule has 3 atom stereocenters. The summed E-state index contributed by atoms with van der Waals surface area (Å²) in [4.78, 5) is 0. The molecule has 3 heteroatoms. The molecule has 2 unspecified atom stereocenters. The average molecular weight is 236 g/mol. The van der Waals surface area contributed by atoms with Crippen molar-refractivity contribution in [3.63, 3.8) is 0 Å². The number of benzene rings is 1. The van der Waals surface area contributed by atoms with Gasteiger partial charge in [-0.1, -0.05) is 6.07 Å². The molecule has 1 aliphatic carbocycles. The third-order valence-electron chi connectivity index (χ3n) is 3.38. The first kappa shape index (κ1) is 12.4. The molecule has 2 N–H and O–H groups in total. The minimum Gasteiger partial charge on any atom is -0.487 e. The number of ether oxygens (including phenoxy) is 1. The quantitative estimate of drug-likeness (QED) is 0.847. The predicted molar refractivity (Wildman–Crippen MR) is 66.1 cm³/mol. The summed E-state index contributed by atoms with van der Waals surface area (Å²) in [5, 5.41) is 19.2. The van der Waals surface area contributed by atoms with Crippen LogP contribution in [0.1, 0.15) is 43.4 Å². The molecule has 0 radical (unpaired) electrons. The summed E-state index contributed by atoms with van der Waals surface area (Å²) in [6.07, 6.45) is 1.89. The highest BCUT2D eigenvalue weighted by atomic mass is 16.5. The average Bonchev–Trinajstić information content (AvgIpc) is 2.67. The van der Waals surface area contributed by atoms with E-state index >= 15 is 0 Å². The maximum atomic E-state index is 9.72. The molecule has 94 valence electrons. The fourth-order valence-electron chi connectivity index (χ4n) is 2.27. The molecule has 0 spiro atoms. The number of aliphatic hydroxyl groups is 2. The molecule has 0 heterocycles. The lowest BCUT2D eigenvalue weighted by Gasteiger charge is -2.19. The van der Waals surface area contributed by atoms with Crippen molar-refractivity contribution in [2.45, 2.75) is 51.4 Å². The van der Waals surface area contributed by atoms with Gasteiger partial charge >= 0.3 is 0 Å². The first-order valence-corrected chi connectivity index (χ1v) is 6.21. The largest absolute Gasteiger partial charge is 0.487 e. The summed E-state index contributed by atoms with van der Waals surface area (Å²) in [6, 6.07) is 5.68. The lowest BCUT2D eigenvalue weighted by molar-refractivity contribution is 0.0599. The Hall–Kier alpha value is -1.06.